The minimum Gasteiger partial charge on any atom is -0.310 e. The van der Waals surface area contributed by atoms with Crippen LogP contribution in [0, 0.1) is 0 Å². The number of anilines is 3. The Morgan fingerprint density at radius 1 is 0.318 bits per heavy atom. The van der Waals surface area contributed by atoms with Crippen LogP contribution in [0.3, 0.4) is 0 Å². The molecule has 0 bridgehead atoms. The summed E-state index contributed by atoms with van der Waals surface area (Å²) in [5.74, 6) is 0.0708. The predicted octanol–water partition coefficient (Wildman–Crippen LogP) is 17.9. The van der Waals surface area contributed by atoms with Crippen LogP contribution in [0.25, 0.3) is 83.3 Å². The second-order valence-electron chi connectivity index (χ2n) is 17.2. The van der Waals surface area contributed by atoms with E-state index < -0.39 is 0 Å². The van der Waals surface area contributed by atoms with E-state index in [2.05, 4.69) is 260 Å². The van der Waals surface area contributed by atoms with Gasteiger partial charge in [-0.15, -0.1) is 0 Å². The smallest absolute Gasteiger partial charge is 0.0467 e. The van der Waals surface area contributed by atoms with Crippen LogP contribution in [0.15, 0.2) is 255 Å². The Morgan fingerprint density at radius 3 is 1.36 bits per heavy atom. The molecular weight excluding hydrogens is 795 g/mol. The highest BCUT2D eigenvalue weighted by Crippen LogP contribution is 2.59. The molecule has 0 aliphatic heterocycles. The van der Waals surface area contributed by atoms with Gasteiger partial charge in [-0.1, -0.05) is 225 Å². The van der Waals surface area contributed by atoms with E-state index in [0.29, 0.717) is 0 Å². The Kier molecular flexibility index (Phi) is 9.81. The summed E-state index contributed by atoms with van der Waals surface area (Å²) >= 11 is 0. The molecule has 0 heterocycles. The molecule has 12 rings (SSSR count). The summed E-state index contributed by atoms with van der Waals surface area (Å²) in [6.45, 7) is 4.02. The molecular formula is C65H45N. The quantitative estimate of drug-likeness (QED) is 0.124. The molecule has 0 aromatic heterocycles. The van der Waals surface area contributed by atoms with E-state index in [4.69, 9.17) is 0 Å². The third-order valence-corrected chi connectivity index (χ3v) is 13.4. The number of hydrogen-bond acceptors (Lipinski definition) is 1. The Hall–Kier alpha value is -8.52. The van der Waals surface area contributed by atoms with E-state index in [1.54, 1.807) is 0 Å². The highest BCUT2D eigenvalue weighted by molar-refractivity contribution is 6.29. The average Bonchev–Trinajstić information content (AvgIpc) is 3.72. The van der Waals surface area contributed by atoms with Gasteiger partial charge in [-0.3, -0.25) is 0 Å². The third-order valence-electron chi connectivity index (χ3n) is 13.4. The van der Waals surface area contributed by atoms with Crippen molar-refractivity contribution >= 4 is 44.7 Å². The van der Waals surface area contributed by atoms with E-state index in [1.807, 2.05) is 6.08 Å². The molecule has 11 aromatic carbocycles. The van der Waals surface area contributed by atoms with Crippen molar-refractivity contribution in [2.45, 2.75) is 5.92 Å². The molecule has 0 saturated carbocycles. The maximum Gasteiger partial charge on any atom is 0.0467 e. The number of hydrogen-bond donors (Lipinski definition) is 0. The second kappa shape index (κ2) is 16.6. The molecule has 11 aromatic rings. The summed E-state index contributed by atoms with van der Waals surface area (Å²) in [4.78, 5) is 2.36. The average molecular weight is 840 g/mol. The molecule has 1 aliphatic carbocycles. The maximum absolute atomic E-state index is 4.02. The fourth-order valence-electron chi connectivity index (χ4n) is 10.6. The molecule has 0 fully saturated rings. The van der Waals surface area contributed by atoms with Crippen LogP contribution < -0.4 is 4.90 Å². The van der Waals surface area contributed by atoms with Gasteiger partial charge in [0.05, 0.1) is 0 Å². The fraction of sp³-hybridized carbons (Fsp3) is 0.0154. The van der Waals surface area contributed by atoms with Crippen LogP contribution in [-0.2, 0) is 0 Å². The van der Waals surface area contributed by atoms with Crippen LogP contribution in [0.2, 0.25) is 0 Å². The van der Waals surface area contributed by atoms with Crippen molar-refractivity contribution in [2.75, 3.05) is 4.90 Å². The van der Waals surface area contributed by atoms with Crippen molar-refractivity contribution in [3.63, 3.8) is 0 Å². The Bertz CT molecular complexity index is 3320. The van der Waals surface area contributed by atoms with Crippen molar-refractivity contribution in [3.05, 3.63) is 278 Å². The Morgan fingerprint density at radius 2 is 0.773 bits per heavy atom. The molecule has 66 heavy (non-hydrogen) atoms. The van der Waals surface area contributed by atoms with Crippen molar-refractivity contribution in [1.29, 1.82) is 0 Å². The predicted molar refractivity (Wildman–Crippen MR) is 281 cm³/mol. The number of nitrogens with zero attached hydrogens (tertiary/aromatic N) is 1. The standard InChI is InChI=1S/C65H45N/c1-2-44-36-38-45(39-37-44)54-40-41-59-63-55(54)34-19-35-58(63)64-62(50-26-18-31-53(43-50)66(51-27-11-5-12-28-51)52-29-13-6-14-30-52)57-33-16-15-32-56(57)61(65(59)64)49-25-17-24-48(42-49)60(46-20-7-3-8-21-46)47-22-9-4-10-23-47/h2-43,60H,1H2. The molecule has 0 spiro atoms. The maximum atomic E-state index is 4.02. The van der Waals surface area contributed by atoms with Crippen LogP contribution in [0.4, 0.5) is 17.1 Å². The molecule has 0 saturated heterocycles. The first-order valence-corrected chi connectivity index (χ1v) is 22.8. The molecule has 0 N–H and O–H groups in total. The van der Waals surface area contributed by atoms with Crippen molar-refractivity contribution < 1.29 is 0 Å². The van der Waals surface area contributed by atoms with Gasteiger partial charge < -0.3 is 4.90 Å². The summed E-state index contributed by atoms with van der Waals surface area (Å²) in [6.07, 6.45) is 1.91. The number of rotatable bonds is 10. The van der Waals surface area contributed by atoms with Gasteiger partial charge in [-0.05, 0) is 136 Å². The molecule has 0 amide bonds. The van der Waals surface area contributed by atoms with Crippen LogP contribution >= 0.6 is 0 Å². The summed E-state index contributed by atoms with van der Waals surface area (Å²) in [5.41, 5.74) is 20.7. The van der Waals surface area contributed by atoms with Gasteiger partial charge in [0.2, 0.25) is 0 Å². The minimum atomic E-state index is 0.0708. The zero-order valence-electron chi connectivity index (χ0n) is 36.5. The monoisotopic (exact) mass is 839 g/mol. The van der Waals surface area contributed by atoms with Crippen LogP contribution in [-0.4, -0.2) is 0 Å². The zero-order valence-corrected chi connectivity index (χ0v) is 36.5. The summed E-state index contributed by atoms with van der Waals surface area (Å²) in [7, 11) is 0. The summed E-state index contributed by atoms with van der Waals surface area (Å²) in [6, 6.07) is 91.3. The van der Waals surface area contributed by atoms with Crippen molar-refractivity contribution in [3.8, 4) is 55.6 Å². The number of para-hydroxylation sites is 2. The van der Waals surface area contributed by atoms with Gasteiger partial charge in [0.15, 0.2) is 0 Å². The van der Waals surface area contributed by atoms with Gasteiger partial charge in [0.25, 0.3) is 0 Å². The largest absolute Gasteiger partial charge is 0.310 e. The Balaban J connectivity index is 1.15. The topological polar surface area (TPSA) is 3.24 Å². The highest BCUT2D eigenvalue weighted by atomic mass is 15.1. The van der Waals surface area contributed by atoms with Gasteiger partial charge in [0.1, 0.15) is 0 Å². The van der Waals surface area contributed by atoms with Crippen molar-refractivity contribution in [2.24, 2.45) is 0 Å². The van der Waals surface area contributed by atoms with E-state index >= 15 is 0 Å². The van der Waals surface area contributed by atoms with E-state index in [-0.39, 0.29) is 5.92 Å². The number of fused-ring (bicyclic) bond motifs is 4. The van der Waals surface area contributed by atoms with E-state index in [0.717, 1.165) is 22.6 Å². The summed E-state index contributed by atoms with van der Waals surface area (Å²) in [5, 5.41) is 5.01. The molecule has 0 unspecified atom stereocenters. The lowest BCUT2D eigenvalue weighted by atomic mass is 9.80. The molecule has 0 radical (unpaired) electrons. The lowest BCUT2D eigenvalue weighted by molar-refractivity contribution is 0.978. The first-order valence-electron chi connectivity index (χ1n) is 22.8. The van der Waals surface area contributed by atoms with Gasteiger partial charge in [-0.2, -0.15) is 0 Å². The fourth-order valence-corrected chi connectivity index (χ4v) is 10.6. The molecule has 1 nitrogen and oxygen atoms in total. The summed E-state index contributed by atoms with van der Waals surface area (Å²) < 4.78 is 0. The highest BCUT2D eigenvalue weighted by Gasteiger charge is 2.32. The van der Waals surface area contributed by atoms with Crippen LogP contribution in [0.1, 0.15) is 28.2 Å². The van der Waals surface area contributed by atoms with E-state index in [9.17, 15) is 0 Å². The molecule has 1 heteroatoms. The normalized spacial score (nSPS) is 11.5. The van der Waals surface area contributed by atoms with Crippen LogP contribution in [0.5, 0.6) is 0 Å². The SMILES string of the molecule is C=Cc1ccc(-c2ccc3c4c(cccc24)-c2c-3c(-c3cccc(C(c4ccccc4)c4ccccc4)c3)c3ccccc3c2-c2cccc(N(c3ccccc3)c3ccccc3)c2)cc1. The lowest BCUT2D eigenvalue weighted by Crippen LogP contribution is -2.09. The first kappa shape index (κ1) is 39.1. The molecule has 310 valence electrons. The second-order valence-corrected chi connectivity index (χ2v) is 17.2. The molecule has 1 aliphatic rings. The minimum absolute atomic E-state index is 0.0708. The third kappa shape index (κ3) is 6.64. The van der Waals surface area contributed by atoms with Crippen molar-refractivity contribution in [1.82, 2.24) is 0 Å². The van der Waals surface area contributed by atoms with Gasteiger partial charge in [-0.25, -0.2) is 0 Å². The van der Waals surface area contributed by atoms with E-state index in [1.165, 1.54) is 93.9 Å². The number of benzene rings is 11. The zero-order chi connectivity index (χ0) is 44.0. The van der Waals surface area contributed by atoms with Gasteiger partial charge >= 0.3 is 0 Å². The Labute approximate surface area is 386 Å². The molecule has 0 atom stereocenters. The lowest BCUT2D eigenvalue weighted by Gasteiger charge is -2.26. The first-order chi connectivity index (χ1) is 32.7. The van der Waals surface area contributed by atoms with Gasteiger partial charge in [0, 0.05) is 23.0 Å².